The molecule has 1 amide bonds. The van der Waals surface area contributed by atoms with Gasteiger partial charge in [0.1, 0.15) is 6.04 Å². The highest BCUT2D eigenvalue weighted by atomic mass is 35.5. The minimum Gasteiger partial charge on any atom is -0.378 e. The highest BCUT2D eigenvalue weighted by Gasteiger charge is 2.34. The standard InChI is InChI=1S/C12H18ClN3O2S/c1-15-12(17)9-7-18-5-4-16(9)8(6-14)10-2-3-11(13)19-10/h2-3,8-9H,4-7,14H2,1H3,(H,15,17). The Bertz CT molecular complexity index is 440. The molecule has 2 unspecified atom stereocenters. The summed E-state index contributed by atoms with van der Waals surface area (Å²) in [6.45, 7) is 2.15. The van der Waals surface area contributed by atoms with Crippen LogP contribution in [0.5, 0.6) is 0 Å². The predicted octanol–water partition coefficient (Wildman–Crippen LogP) is 0.848. The van der Waals surface area contributed by atoms with Crippen LogP contribution in [-0.4, -0.2) is 50.2 Å². The molecule has 3 N–H and O–H groups in total. The van der Waals surface area contributed by atoms with Crippen molar-refractivity contribution in [2.24, 2.45) is 5.73 Å². The molecule has 1 fully saturated rings. The fourth-order valence-electron chi connectivity index (χ4n) is 2.30. The molecule has 0 saturated carbocycles. The van der Waals surface area contributed by atoms with Crippen molar-refractivity contribution in [1.82, 2.24) is 10.2 Å². The molecule has 1 aromatic rings. The highest BCUT2D eigenvalue weighted by molar-refractivity contribution is 7.16. The molecule has 1 saturated heterocycles. The minimum absolute atomic E-state index is 0.00343. The molecular formula is C12H18ClN3O2S. The number of nitrogens with one attached hydrogen (secondary N) is 1. The van der Waals surface area contributed by atoms with Gasteiger partial charge in [0.05, 0.1) is 23.6 Å². The molecule has 0 spiro atoms. The van der Waals surface area contributed by atoms with Gasteiger partial charge in [-0.3, -0.25) is 9.69 Å². The lowest BCUT2D eigenvalue weighted by molar-refractivity contribution is -0.134. The van der Waals surface area contributed by atoms with Crippen LogP contribution >= 0.6 is 22.9 Å². The van der Waals surface area contributed by atoms with E-state index in [9.17, 15) is 4.79 Å². The third-order valence-corrected chi connectivity index (χ3v) is 4.60. The van der Waals surface area contributed by atoms with E-state index in [2.05, 4.69) is 10.2 Å². The number of hydrogen-bond donors (Lipinski definition) is 2. The van der Waals surface area contributed by atoms with Crippen molar-refractivity contribution in [2.45, 2.75) is 12.1 Å². The lowest BCUT2D eigenvalue weighted by Crippen LogP contribution is -2.55. The number of morpholine rings is 1. The molecule has 0 aliphatic carbocycles. The number of carbonyl (C=O) groups is 1. The van der Waals surface area contributed by atoms with Crippen LogP contribution in [0.15, 0.2) is 12.1 Å². The first-order chi connectivity index (χ1) is 9.17. The second-order valence-electron chi connectivity index (χ2n) is 4.34. The fraction of sp³-hybridized carbons (Fsp3) is 0.583. The smallest absolute Gasteiger partial charge is 0.239 e. The molecule has 19 heavy (non-hydrogen) atoms. The molecule has 1 aliphatic rings. The van der Waals surface area contributed by atoms with Crippen molar-refractivity contribution in [3.8, 4) is 0 Å². The first-order valence-electron chi connectivity index (χ1n) is 6.17. The number of nitrogens with two attached hydrogens (primary N) is 1. The number of hydrogen-bond acceptors (Lipinski definition) is 5. The van der Waals surface area contributed by atoms with Gasteiger partial charge in [0.15, 0.2) is 0 Å². The molecule has 2 rings (SSSR count). The maximum absolute atomic E-state index is 11.9. The molecular weight excluding hydrogens is 286 g/mol. The molecule has 1 aromatic heterocycles. The van der Waals surface area contributed by atoms with E-state index in [-0.39, 0.29) is 18.0 Å². The summed E-state index contributed by atoms with van der Waals surface area (Å²) in [4.78, 5) is 15.1. The van der Waals surface area contributed by atoms with Crippen LogP contribution in [0.4, 0.5) is 0 Å². The van der Waals surface area contributed by atoms with Gasteiger partial charge in [0.25, 0.3) is 0 Å². The molecule has 106 valence electrons. The quantitative estimate of drug-likeness (QED) is 0.865. The van der Waals surface area contributed by atoms with Gasteiger partial charge in [-0.2, -0.15) is 0 Å². The topological polar surface area (TPSA) is 67.6 Å². The van der Waals surface area contributed by atoms with Crippen LogP contribution in [0.1, 0.15) is 10.9 Å². The minimum atomic E-state index is -0.298. The zero-order valence-electron chi connectivity index (χ0n) is 10.8. The molecule has 2 atom stereocenters. The first kappa shape index (κ1) is 14.7. The molecule has 7 heteroatoms. The van der Waals surface area contributed by atoms with E-state index in [1.807, 2.05) is 12.1 Å². The van der Waals surface area contributed by atoms with Crippen molar-refractivity contribution in [3.05, 3.63) is 21.3 Å². The van der Waals surface area contributed by atoms with E-state index in [1.165, 1.54) is 11.3 Å². The maximum atomic E-state index is 11.9. The Hall–Kier alpha value is -0.660. The van der Waals surface area contributed by atoms with Crippen LogP contribution in [-0.2, 0) is 9.53 Å². The zero-order valence-corrected chi connectivity index (χ0v) is 12.3. The Balaban J connectivity index is 2.21. The fourth-order valence-corrected chi connectivity index (χ4v) is 3.50. The van der Waals surface area contributed by atoms with E-state index in [4.69, 9.17) is 22.1 Å². The predicted molar refractivity (Wildman–Crippen MR) is 76.5 cm³/mol. The third kappa shape index (κ3) is 3.27. The van der Waals surface area contributed by atoms with Gasteiger partial charge in [0, 0.05) is 25.0 Å². The summed E-state index contributed by atoms with van der Waals surface area (Å²) in [6, 6.07) is 3.54. The van der Waals surface area contributed by atoms with Gasteiger partial charge in [-0.15, -0.1) is 11.3 Å². The van der Waals surface area contributed by atoms with Crippen LogP contribution in [0, 0.1) is 0 Å². The summed E-state index contributed by atoms with van der Waals surface area (Å²) >= 11 is 7.49. The number of nitrogens with zero attached hydrogens (tertiary/aromatic N) is 1. The number of halogens is 1. The second kappa shape index (κ2) is 6.67. The summed E-state index contributed by atoms with van der Waals surface area (Å²) in [5, 5.41) is 2.68. The molecule has 1 aliphatic heterocycles. The van der Waals surface area contributed by atoms with Gasteiger partial charge in [-0.25, -0.2) is 0 Å². The van der Waals surface area contributed by atoms with Crippen LogP contribution < -0.4 is 11.1 Å². The van der Waals surface area contributed by atoms with E-state index in [0.717, 1.165) is 9.21 Å². The van der Waals surface area contributed by atoms with E-state index in [1.54, 1.807) is 7.05 Å². The lowest BCUT2D eigenvalue weighted by atomic mass is 10.1. The zero-order chi connectivity index (χ0) is 13.8. The van der Waals surface area contributed by atoms with Gasteiger partial charge >= 0.3 is 0 Å². The van der Waals surface area contributed by atoms with Crippen molar-refractivity contribution in [3.63, 3.8) is 0 Å². The molecule has 0 bridgehead atoms. The number of ether oxygens (including phenoxy) is 1. The summed E-state index contributed by atoms with van der Waals surface area (Å²) in [5.74, 6) is -0.0409. The van der Waals surface area contributed by atoms with E-state index >= 15 is 0 Å². The van der Waals surface area contributed by atoms with Gasteiger partial charge in [0.2, 0.25) is 5.91 Å². The lowest BCUT2D eigenvalue weighted by Gasteiger charge is -2.39. The third-order valence-electron chi connectivity index (χ3n) is 3.26. The van der Waals surface area contributed by atoms with Gasteiger partial charge in [-0.1, -0.05) is 11.6 Å². The number of carbonyl (C=O) groups excluding carboxylic acids is 1. The summed E-state index contributed by atoms with van der Waals surface area (Å²) in [6.07, 6.45) is 0. The Morgan fingerprint density at radius 3 is 3.11 bits per heavy atom. The number of amides is 1. The van der Waals surface area contributed by atoms with Crippen molar-refractivity contribution in [2.75, 3.05) is 33.4 Å². The number of rotatable bonds is 4. The van der Waals surface area contributed by atoms with Crippen molar-refractivity contribution in [1.29, 1.82) is 0 Å². The molecule has 0 radical (unpaired) electrons. The van der Waals surface area contributed by atoms with Crippen molar-refractivity contribution < 1.29 is 9.53 Å². The second-order valence-corrected chi connectivity index (χ2v) is 6.08. The average molecular weight is 304 g/mol. The number of likely N-dealkylation sites (N-methyl/N-ethyl adjacent to an activating group) is 1. The van der Waals surface area contributed by atoms with Crippen molar-refractivity contribution >= 4 is 28.8 Å². The SMILES string of the molecule is CNC(=O)C1COCCN1C(CN)c1ccc(Cl)s1. The largest absolute Gasteiger partial charge is 0.378 e. The molecule has 0 aromatic carbocycles. The van der Waals surface area contributed by atoms with Crippen LogP contribution in [0.2, 0.25) is 4.34 Å². The van der Waals surface area contributed by atoms with E-state index < -0.39 is 0 Å². The summed E-state index contributed by atoms with van der Waals surface area (Å²) < 4.78 is 6.14. The monoisotopic (exact) mass is 303 g/mol. The summed E-state index contributed by atoms with van der Waals surface area (Å²) in [5.41, 5.74) is 5.90. The maximum Gasteiger partial charge on any atom is 0.239 e. The Morgan fingerprint density at radius 1 is 1.74 bits per heavy atom. The Kier molecular flexibility index (Phi) is 5.18. The normalized spacial score (nSPS) is 22.2. The van der Waals surface area contributed by atoms with E-state index in [0.29, 0.717) is 26.3 Å². The molecule has 5 nitrogen and oxygen atoms in total. The van der Waals surface area contributed by atoms with Crippen LogP contribution in [0.25, 0.3) is 0 Å². The highest BCUT2D eigenvalue weighted by Crippen LogP contribution is 2.31. The summed E-state index contributed by atoms with van der Waals surface area (Å²) in [7, 11) is 1.63. The first-order valence-corrected chi connectivity index (χ1v) is 7.37. The van der Waals surface area contributed by atoms with Crippen LogP contribution in [0.3, 0.4) is 0 Å². The Morgan fingerprint density at radius 2 is 2.53 bits per heavy atom. The number of thiophene rings is 1. The molecule has 2 heterocycles. The Labute approximate surface area is 121 Å². The average Bonchev–Trinajstić information content (AvgIpc) is 2.86. The van der Waals surface area contributed by atoms with Gasteiger partial charge < -0.3 is 15.8 Å². The van der Waals surface area contributed by atoms with Gasteiger partial charge in [-0.05, 0) is 12.1 Å².